The summed E-state index contributed by atoms with van der Waals surface area (Å²) < 4.78 is 1.08. The van der Waals surface area contributed by atoms with E-state index in [1.807, 2.05) is 13.0 Å². The molecule has 1 aliphatic rings. The predicted octanol–water partition coefficient (Wildman–Crippen LogP) is 6.29. The van der Waals surface area contributed by atoms with Gasteiger partial charge in [0.05, 0.1) is 11.7 Å². The van der Waals surface area contributed by atoms with Gasteiger partial charge in [0, 0.05) is 9.50 Å². The molecule has 0 radical (unpaired) electrons. The molecule has 2 aromatic carbocycles. The molecular weight excluding hydrogens is 346 g/mol. The number of benzene rings is 2. The number of rotatable bonds is 2. The second kappa shape index (κ2) is 6.41. The maximum Gasteiger partial charge on any atom is 0.0516 e. The van der Waals surface area contributed by atoms with Gasteiger partial charge in [0.1, 0.15) is 0 Å². The fourth-order valence-electron chi connectivity index (χ4n) is 3.02. The maximum absolute atomic E-state index is 6.28. The molecule has 1 unspecified atom stereocenters. The van der Waals surface area contributed by atoms with E-state index in [-0.39, 0.29) is 0 Å². The van der Waals surface area contributed by atoms with Crippen LogP contribution in [0.2, 0.25) is 5.02 Å². The number of halogens is 2. The van der Waals surface area contributed by atoms with Crippen molar-refractivity contribution < 1.29 is 0 Å². The topological polar surface area (TPSA) is 12.0 Å². The molecule has 3 rings (SSSR count). The average Bonchev–Trinajstić information content (AvgIpc) is 2.67. The lowest BCUT2D eigenvalue weighted by atomic mass is 9.99. The molecule has 0 heterocycles. The van der Waals surface area contributed by atoms with Crippen molar-refractivity contribution >= 4 is 33.2 Å². The summed E-state index contributed by atoms with van der Waals surface area (Å²) >= 11 is 9.92. The number of aryl methyl sites for hydroxylation is 2. The van der Waals surface area contributed by atoms with Crippen molar-refractivity contribution in [2.45, 2.75) is 38.6 Å². The van der Waals surface area contributed by atoms with Crippen LogP contribution in [0, 0.1) is 6.92 Å². The summed E-state index contributed by atoms with van der Waals surface area (Å²) in [7, 11) is 0. The summed E-state index contributed by atoms with van der Waals surface area (Å²) in [6.45, 7) is 2.03. The Kier molecular flexibility index (Phi) is 4.56. The van der Waals surface area contributed by atoms with E-state index in [1.54, 1.807) is 0 Å². The SMILES string of the molecule is Cc1cc(Br)c(NC2CCCCc3ccccc32)cc1Cl. The van der Waals surface area contributed by atoms with Crippen molar-refractivity contribution in [1.29, 1.82) is 0 Å². The number of hydrogen-bond donors (Lipinski definition) is 1. The molecule has 3 heteroatoms. The smallest absolute Gasteiger partial charge is 0.0516 e. The third-order valence-corrected chi connectivity index (χ3v) is 5.26. The lowest BCUT2D eigenvalue weighted by Crippen LogP contribution is -2.11. The van der Waals surface area contributed by atoms with Crippen LogP contribution < -0.4 is 5.32 Å². The Balaban J connectivity index is 1.93. The van der Waals surface area contributed by atoms with E-state index in [9.17, 15) is 0 Å². The van der Waals surface area contributed by atoms with Crippen LogP contribution in [0.25, 0.3) is 0 Å². The average molecular weight is 365 g/mol. The Hall–Kier alpha value is -0.990. The fraction of sp³-hybridized carbons (Fsp3) is 0.333. The number of hydrogen-bond acceptors (Lipinski definition) is 1. The van der Waals surface area contributed by atoms with Crippen LogP contribution in [0.1, 0.15) is 42.0 Å². The van der Waals surface area contributed by atoms with Gasteiger partial charge >= 0.3 is 0 Å². The van der Waals surface area contributed by atoms with Crippen LogP contribution in [0.3, 0.4) is 0 Å². The molecule has 110 valence electrons. The van der Waals surface area contributed by atoms with Crippen LogP contribution in [0.15, 0.2) is 40.9 Å². The van der Waals surface area contributed by atoms with Crippen LogP contribution >= 0.6 is 27.5 Å². The van der Waals surface area contributed by atoms with Crippen molar-refractivity contribution in [2.75, 3.05) is 5.32 Å². The molecule has 0 aliphatic heterocycles. The Morgan fingerprint density at radius 1 is 1.19 bits per heavy atom. The van der Waals surface area contributed by atoms with Crippen LogP contribution in [-0.4, -0.2) is 0 Å². The van der Waals surface area contributed by atoms with Gasteiger partial charge in [-0.15, -0.1) is 0 Å². The zero-order chi connectivity index (χ0) is 14.8. The van der Waals surface area contributed by atoms with Crippen LogP contribution in [-0.2, 0) is 6.42 Å². The van der Waals surface area contributed by atoms with Crippen LogP contribution in [0.5, 0.6) is 0 Å². The van der Waals surface area contributed by atoms with Gasteiger partial charge in [-0.2, -0.15) is 0 Å². The number of fused-ring (bicyclic) bond motifs is 1. The first-order valence-corrected chi connectivity index (χ1v) is 8.62. The molecule has 0 amide bonds. The van der Waals surface area contributed by atoms with Crippen molar-refractivity contribution in [3.63, 3.8) is 0 Å². The molecule has 1 atom stereocenters. The lowest BCUT2D eigenvalue weighted by Gasteiger charge is -2.22. The van der Waals surface area contributed by atoms with E-state index < -0.39 is 0 Å². The van der Waals surface area contributed by atoms with E-state index >= 15 is 0 Å². The second-order valence-electron chi connectivity index (χ2n) is 5.72. The first-order chi connectivity index (χ1) is 10.1. The summed E-state index contributed by atoms with van der Waals surface area (Å²) in [5.74, 6) is 0. The molecule has 1 N–H and O–H groups in total. The van der Waals surface area contributed by atoms with Crippen LogP contribution in [0.4, 0.5) is 5.69 Å². The summed E-state index contributed by atoms with van der Waals surface area (Å²) in [6.07, 6.45) is 4.87. The largest absolute Gasteiger partial charge is 0.377 e. The van der Waals surface area contributed by atoms with Gasteiger partial charge in [-0.1, -0.05) is 42.3 Å². The quantitative estimate of drug-likeness (QED) is 0.617. The molecular formula is C18H19BrClN. The highest BCUT2D eigenvalue weighted by Gasteiger charge is 2.19. The molecule has 21 heavy (non-hydrogen) atoms. The summed E-state index contributed by atoms with van der Waals surface area (Å²) in [4.78, 5) is 0. The van der Waals surface area contributed by atoms with E-state index in [4.69, 9.17) is 11.6 Å². The van der Waals surface area contributed by atoms with Crippen molar-refractivity contribution in [3.8, 4) is 0 Å². The fourth-order valence-corrected chi connectivity index (χ4v) is 3.75. The van der Waals surface area contributed by atoms with E-state index in [0.717, 1.165) is 27.2 Å². The molecule has 0 aromatic heterocycles. The summed E-state index contributed by atoms with van der Waals surface area (Å²) in [6, 6.07) is 13.2. The molecule has 2 aromatic rings. The summed E-state index contributed by atoms with van der Waals surface area (Å²) in [5.41, 5.74) is 5.07. The van der Waals surface area contributed by atoms with Gasteiger partial charge in [0.2, 0.25) is 0 Å². The third-order valence-electron chi connectivity index (χ3n) is 4.20. The predicted molar refractivity (Wildman–Crippen MR) is 94.2 cm³/mol. The Morgan fingerprint density at radius 2 is 2.00 bits per heavy atom. The highest BCUT2D eigenvalue weighted by molar-refractivity contribution is 9.10. The van der Waals surface area contributed by atoms with Gasteiger partial charge < -0.3 is 5.32 Å². The third kappa shape index (κ3) is 3.27. The maximum atomic E-state index is 6.28. The molecule has 0 spiro atoms. The standard InChI is InChI=1S/C18H19BrClN/c1-12-10-15(19)18(11-16(12)20)21-17-9-5-3-7-13-6-2-4-8-14(13)17/h2,4,6,8,10-11,17,21H,3,5,7,9H2,1H3. The molecule has 0 fully saturated rings. The Morgan fingerprint density at radius 3 is 2.86 bits per heavy atom. The van der Waals surface area contributed by atoms with Gasteiger partial charge in [-0.05, 0) is 70.9 Å². The minimum atomic E-state index is 0.360. The van der Waals surface area contributed by atoms with E-state index in [0.29, 0.717) is 6.04 Å². The van der Waals surface area contributed by atoms with Gasteiger partial charge in [-0.25, -0.2) is 0 Å². The monoisotopic (exact) mass is 363 g/mol. The minimum absolute atomic E-state index is 0.360. The minimum Gasteiger partial charge on any atom is -0.377 e. The van der Waals surface area contributed by atoms with Crippen molar-refractivity contribution in [1.82, 2.24) is 0 Å². The summed E-state index contributed by atoms with van der Waals surface area (Å²) in [5, 5.41) is 4.49. The van der Waals surface area contributed by atoms with E-state index in [2.05, 4.69) is 51.6 Å². The van der Waals surface area contributed by atoms with Gasteiger partial charge in [0.15, 0.2) is 0 Å². The normalized spacial score (nSPS) is 18.0. The molecule has 1 nitrogen and oxygen atoms in total. The zero-order valence-electron chi connectivity index (χ0n) is 12.1. The highest BCUT2D eigenvalue weighted by atomic mass is 79.9. The van der Waals surface area contributed by atoms with Crippen molar-refractivity contribution in [2.24, 2.45) is 0 Å². The lowest BCUT2D eigenvalue weighted by molar-refractivity contribution is 0.644. The molecule has 0 bridgehead atoms. The van der Waals surface area contributed by atoms with Gasteiger partial charge in [-0.3, -0.25) is 0 Å². The second-order valence-corrected chi connectivity index (χ2v) is 6.98. The molecule has 1 aliphatic carbocycles. The van der Waals surface area contributed by atoms with E-state index in [1.165, 1.54) is 30.4 Å². The Labute approximate surface area is 139 Å². The Bertz CT molecular complexity index is 654. The van der Waals surface area contributed by atoms with Gasteiger partial charge in [0.25, 0.3) is 0 Å². The number of nitrogens with one attached hydrogen (secondary N) is 1. The number of anilines is 1. The molecule has 0 saturated heterocycles. The highest BCUT2D eigenvalue weighted by Crippen LogP contribution is 2.35. The first-order valence-electron chi connectivity index (χ1n) is 7.45. The molecule has 0 saturated carbocycles. The first kappa shape index (κ1) is 14.9. The van der Waals surface area contributed by atoms with Crippen molar-refractivity contribution in [3.05, 3.63) is 62.6 Å². The zero-order valence-corrected chi connectivity index (χ0v) is 14.5.